The number of nitrogens with one attached hydrogen (secondary N) is 3. The number of H-pyrrole nitrogens is 2. The average molecular weight is 630 g/mol. The number of carbonyl (C=O) groups excluding carboxylic acids is 1. The molecule has 1 amide bonds. The van der Waals surface area contributed by atoms with Gasteiger partial charge in [0, 0.05) is 41.8 Å². The van der Waals surface area contributed by atoms with Crippen LogP contribution < -0.4 is 5.32 Å². The van der Waals surface area contributed by atoms with E-state index in [1.807, 2.05) is 6.92 Å². The molecule has 3 N–H and O–H groups in total. The monoisotopic (exact) mass is 629 g/mol. The van der Waals surface area contributed by atoms with Gasteiger partial charge in [-0.1, -0.05) is 19.4 Å². The fourth-order valence-electron chi connectivity index (χ4n) is 5.20. The number of benzene rings is 2. The number of unbranched alkanes of at least 4 members (excludes halogenated alkanes) is 1. The number of fused-ring (bicyclic) bond motifs is 2. The van der Waals surface area contributed by atoms with Gasteiger partial charge in [0.25, 0.3) is 0 Å². The first-order valence-electron chi connectivity index (χ1n) is 14.3. The first-order valence-corrected chi connectivity index (χ1v) is 16.4. The Kier molecular flexibility index (Phi) is 8.11. The van der Waals surface area contributed by atoms with Crippen molar-refractivity contribution < 1.29 is 22.0 Å². The van der Waals surface area contributed by atoms with Crippen LogP contribution in [-0.4, -0.2) is 56.5 Å². The molecule has 4 aromatic heterocycles. The molecule has 13 heteroatoms. The molecule has 10 nitrogen and oxygen atoms in total. The molecule has 230 valence electrons. The Hall–Kier alpha value is -5.04. The van der Waals surface area contributed by atoms with Gasteiger partial charge in [-0.2, -0.15) is 5.10 Å². The van der Waals surface area contributed by atoms with Crippen molar-refractivity contribution in [3.63, 3.8) is 0 Å². The van der Waals surface area contributed by atoms with E-state index in [-0.39, 0.29) is 40.5 Å². The highest BCUT2D eigenvalue weighted by Gasteiger charge is 2.21. The van der Waals surface area contributed by atoms with Crippen LogP contribution >= 0.6 is 0 Å². The number of halogens is 2. The molecule has 0 radical (unpaired) electrons. The van der Waals surface area contributed by atoms with E-state index in [2.05, 4.69) is 35.5 Å². The molecule has 0 aliphatic carbocycles. The van der Waals surface area contributed by atoms with E-state index in [1.54, 1.807) is 30.3 Å². The van der Waals surface area contributed by atoms with Gasteiger partial charge in [0.15, 0.2) is 11.5 Å². The fraction of sp³-hybridized carbons (Fsp3) is 0.219. The molecule has 6 aromatic rings. The van der Waals surface area contributed by atoms with Crippen LogP contribution in [0.4, 0.5) is 14.5 Å². The smallest absolute Gasteiger partial charge is 0.224 e. The van der Waals surface area contributed by atoms with Gasteiger partial charge < -0.3 is 10.3 Å². The molecule has 0 unspecified atom stereocenters. The minimum atomic E-state index is -3.23. The third-order valence-corrected chi connectivity index (χ3v) is 8.35. The maximum atomic E-state index is 16.2. The minimum Gasteiger partial charge on any atom is -0.335 e. The van der Waals surface area contributed by atoms with Crippen LogP contribution in [0.25, 0.3) is 55.8 Å². The van der Waals surface area contributed by atoms with Crippen LogP contribution in [0.5, 0.6) is 0 Å². The normalized spacial score (nSPS) is 11.8. The number of aromatic nitrogens is 6. The Bertz CT molecular complexity index is 2180. The third-order valence-electron chi connectivity index (χ3n) is 7.40. The van der Waals surface area contributed by atoms with E-state index in [0.717, 1.165) is 19.1 Å². The standard InChI is InChI=1S/C32H29F2N7O3S/c1-3-4-5-26(42)37-22-15-20(16-35-17-22)23-6-7-25-27(28(23)34)30(41-40-25)32-38-29-24(8-10-36-31(29)39-32)19-12-18(13-21(33)14-19)9-11-45(2,43)44/h6-8,10,12-17H,3-5,9,11H2,1-2H3,(H,37,42)(H,40,41)(H,36,38,39). The van der Waals surface area contributed by atoms with Crippen LogP contribution in [-0.2, 0) is 21.1 Å². The van der Waals surface area contributed by atoms with Gasteiger partial charge in [-0.25, -0.2) is 27.2 Å². The molecule has 0 saturated heterocycles. The number of pyridine rings is 2. The zero-order chi connectivity index (χ0) is 31.7. The summed E-state index contributed by atoms with van der Waals surface area (Å²) in [6.07, 6.45) is 7.91. The summed E-state index contributed by atoms with van der Waals surface area (Å²) < 4.78 is 54.2. The summed E-state index contributed by atoms with van der Waals surface area (Å²) in [6, 6.07) is 11.1. The van der Waals surface area contributed by atoms with Crippen LogP contribution in [0.2, 0.25) is 0 Å². The average Bonchev–Trinajstić information content (AvgIpc) is 3.63. The number of aromatic amines is 2. The molecule has 0 atom stereocenters. The Balaban J connectivity index is 1.38. The van der Waals surface area contributed by atoms with Gasteiger partial charge in [-0.05, 0) is 60.4 Å². The first-order chi connectivity index (χ1) is 21.6. The van der Waals surface area contributed by atoms with E-state index >= 15 is 4.39 Å². The van der Waals surface area contributed by atoms with Crippen LogP contribution in [0.1, 0.15) is 31.7 Å². The zero-order valence-electron chi connectivity index (χ0n) is 24.5. The lowest BCUT2D eigenvalue weighted by atomic mass is 10.0. The van der Waals surface area contributed by atoms with Crippen LogP contribution in [0.15, 0.2) is 61.1 Å². The van der Waals surface area contributed by atoms with Crippen molar-refractivity contribution in [1.29, 1.82) is 0 Å². The lowest BCUT2D eigenvalue weighted by Gasteiger charge is -2.08. The number of hydrogen-bond donors (Lipinski definition) is 3. The topological polar surface area (TPSA) is 146 Å². The number of imidazole rings is 1. The number of sulfone groups is 1. The van der Waals surface area contributed by atoms with Crippen molar-refractivity contribution in [2.24, 2.45) is 0 Å². The van der Waals surface area contributed by atoms with Crippen molar-refractivity contribution in [2.75, 3.05) is 17.3 Å². The maximum Gasteiger partial charge on any atom is 0.224 e. The van der Waals surface area contributed by atoms with E-state index in [0.29, 0.717) is 51.0 Å². The Morgan fingerprint density at radius 2 is 1.87 bits per heavy atom. The molecule has 45 heavy (non-hydrogen) atoms. The summed E-state index contributed by atoms with van der Waals surface area (Å²) in [7, 11) is -3.23. The Morgan fingerprint density at radius 1 is 1.02 bits per heavy atom. The summed E-state index contributed by atoms with van der Waals surface area (Å²) in [4.78, 5) is 28.5. The van der Waals surface area contributed by atoms with E-state index in [4.69, 9.17) is 0 Å². The van der Waals surface area contributed by atoms with E-state index < -0.39 is 21.5 Å². The Labute approximate surface area is 257 Å². The predicted molar refractivity (Wildman–Crippen MR) is 169 cm³/mol. The van der Waals surface area contributed by atoms with Crippen molar-refractivity contribution in [3.05, 3.63) is 78.3 Å². The van der Waals surface area contributed by atoms with Crippen molar-refractivity contribution >= 4 is 43.5 Å². The van der Waals surface area contributed by atoms with Crippen molar-refractivity contribution in [3.8, 4) is 33.8 Å². The number of nitrogens with zero attached hydrogens (tertiary/aromatic N) is 4. The summed E-state index contributed by atoms with van der Waals surface area (Å²) in [5.74, 6) is -1.06. The SMILES string of the molecule is CCCCC(=O)Nc1cncc(-c2ccc3[nH]nc(-c4nc5nccc(-c6cc(F)cc(CCS(C)(=O)=O)c6)c5[nH]4)c3c2F)c1. The lowest BCUT2D eigenvalue weighted by molar-refractivity contribution is -0.116. The molecule has 0 bridgehead atoms. The van der Waals surface area contributed by atoms with Crippen LogP contribution in [0, 0.1) is 11.6 Å². The van der Waals surface area contributed by atoms with Crippen LogP contribution in [0.3, 0.4) is 0 Å². The molecule has 4 heterocycles. The summed E-state index contributed by atoms with van der Waals surface area (Å²) >= 11 is 0. The number of rotatable bonds is 10. The molecular weight excluding hydrogens is 600 g/mol. The molecule has 0 saturated carbocycles. The summed E-state index contributed by atoms with van der Waals surface area (Å²) in [6.45, 7) is 2.01. The minimum absolute atomic E-state index is 0.108. The number of amides is 1. The predicted octanol–water partition coefficient (Wildman–Crippen LogP) is 6.22. The molecule has 0 spiro atoms. The van der Waals surface area contributed by atoms with Gasteiger partial charge in [0.2, 0.25) is 5.91 Å². The highest BCUT2D eigenvalue weighted by atomic mass is 32.2. The number of carbonyl (C=O) groups is 1. The molecule has 0 aliphatic rings. The largest absolute Gasteiger partial charge is 0.335 e. The second kappa shape index (κ2) is 12.2. The van der Waals surface area contributed by atoms with Gasteiger partial charge in [0.05, 0.1) is 34.1 Å². The lowest BCUT2D eigenvalue weighted by Crippen LogP contribution is -2.11. The molecule has 0 aliphatic heterocycles. The van der Waals surface area contributed by atoms with Crippen molar-refractivity contribution in [2.45, 2.75) is 32.6 Å². The van der Waals surface area contributed by atoms with Gasteiger partial charge in [-0.3, -0.25) is 14.9 Å². The maximum absolute atomic E-state index is 16.2. The Morgan fingerprint density at radius 3 is 2.67 bits per heavy atom. The quantitative estimate of drug-likeness (QED) is 0.163. The summed E-state index contributed by atoms with van der Waals surface area (Å²) in [5, 5.41) is 10.2. The van der Waals surface area contributed by atoms with Gasteiger partial charge >= 0.3 is 0 Å². The van der Waals surface area contributed by atoms with E-state index in [9.17, 15) is 17.6 Å². The second-order valence-electron chi connectivity index (χ2n) is 10.9. The highest BCUT2D eigenvalue weighted by molar-refractivity contribution is 7.90. The second-order valence-corrected chi connectivity index (χ2v) is 13.2. The van der Waals surface area contributed by atoms with E-state index in [1.165, 1.54) is 30.7 Å². The molecule has 2 aromatic carbocycles. The molecular formula is C32H29F2N7O3S. The third kappa shape index (κ3) is 6.43. The fourth-order valence-corrected chi connectivity index (χ4v) is 5.81. The first kappa shape index (κ1) is 30.0. The number of aryl methyl sites for hydroxylation is 1. The number of anilines is 1. The molecule has 6 rings (SSSR count). The van der Waals surface area contributed by atoms with Crippen molar-refractivity contribution in [1.82, 2.24) is 30.1 Å². The number of hydrogen-bond acceptors (Lipinski definition) is 7. The molecule has 0 fully saturated rings. The highest BCUT2D eigenvalue weighted by Crippen LogP contribution is 2.35. The van der Waals surface area contributed by atoms with Gasteiger partial charge in [-0.15, -0.1) is 0 Å². The zero-order valence-corrected chi connectivity index (χ0v) is 25.3. The summed E-state index contributed by atoms with van der Waals surface area (Å²) in [5.41, 5.74) is 4.29. The van der Waals surface area contributed by atoms with Gasteiger partial charge in [0.1, 0.15) is 27.2 Å².